The fourth-order valence-electron chi connectivity index (χ4n) is 1.38. The average molecular weight is 257 g/mol. The van der Waals surface area contributed by atoms with E-state index >= 15 is 0 Å². The highest BCUT2D eigenvalue weighted by Crippen LogP contribution is 2.12. The van der Waals surface area contributed by atoms with E-state index in [4.69, 9.17) is 4.74 Å². The lowest BCUT2D eigenvalue weighted by atomic mass is 10.1. The zero-order chi connectivity index (χ0) is 13.5. The molecular weight excluding hydrogens is 238 g/mol. The van der Waals surface area contributed by atoms with E-state index in [9.17, 15) is 14.4 Å². The van der Waals surface area contributed by atoms with Gasteiger partial charge < -0.3 is 9.57 Å². The Morgan fingerprint density at radius 3 is 2.39 bits per heavy atom. The Balaban J connectivity index is 2.14. The van der Waals surface area contributed by atoms with Crippen molar-refractivity contribution in [2.45, 2.75) is 39.5 Å². The molecule has 1 heterocycles. The van der Waals surface area contributed by atoms with Crippen molar-refractivity contribution in [1.29, 1.82) is 0 Å². The quantitative estimate of drug-likeness (QED) is 0.503. The van der Waals surface area contributed by atoms with Crippen molar-refractivity contribution in [2.24, 2.45) is 5.92 Å². The van der Waals surface area contributed by atoms with E-state index in [1.807, 2.05) is 0 Å². The van der Waals surface area contributed by atoms with E-state index in [1.54, 1.807) is 0 Å². The lowest BCUT2D eigenvalue weighted by molar-refractivity contribution is -0.198. The zero-order valence-electron chi connectivity index (χ0n) is 10.8. The van der Waals surface area contributed by atoms with Crippen LogP contribution < -0.4 is 0 Å². The average Bonchev–Trinajstić information content (AvgIpc) is 2.60. The molecule has 0 aromatic heterocycles. The third-order valence-electron chi connectivity index (χ3n) is 2.49. The first-order valence-electron chi connectivity index (χ1n) is 6.15. The number of hydrogen-bond donors (Lipinski definition) is 0. The minimum atomic E-state index is -0.622. The first kappa shape index (κ1) is 14.6. The van der Waals surface area contributed by atoms with Gasteiger partial charge in [-0.1, -0.05) is 13.8 Å². The Labute approximate surface area is 106 Å². The Hall–Kier alpha value is -1.43. The van der Waals surface area contributed by atoms with E-state index < -0.39 is 17.8 Å². The second kappa shape index (κ2) is 7.10. The molecule has 2 amide bonds. The molecule has 0 N–H and O–H groups in total. The first-order chi connectivity index (χ1) is 8.50. The molecule has 1 fully saturated rings. The number of nitrogens with zero attached hydrogens (tertiary/aromatic N) is 1. The molecule has 102 valence electrons. The predicted molar refractivity (Wildman–Crippen MR) is 62.1 cm³/mol. The van der Waals surface area contributed by atoms with Crippen LogP contribution in [0.25, 0.3) is 0 Å². The van der Waals surface area contributed by atoms with Crippen LogP contribution in [-0.2, 0) is 24.0 Å². The lowest BCUT2D eigenvalue weighted by Gasteiger charge is -2.12. The van der Waals surface area contributed by atoms with Crippen LogP contribution in [0.15, 0.2) is 0 Å². The molecule has 0 atom stereocenters. The van der Waals surface area contributed by atoms with Gasteiger partial charge in [-0.3, -0.25) is 9.59 Å². The van der Waals surface area contributed by atoms with Gasteiger partial charge in [0.15, 0.2) is 0 Å². The molecule has 1 aliphatic heterocycles. The molecule has 6 heteroatoms. The van der Waals surface area contributed by atoms with Crippen molar-refractivity contribution >= 4 is 17.8 Å². The van der Waals surface area contributed by atoms with Gasteiger partial charge in [-0.25, -0.2) is 4.79 Å². The van der Waals surface area contributed by atoms with Crippen LogP contribution in [0.3, 0.4) is 0 Å². The van der Waals surface area contributed by atoms with Gasteiger partial charge in [-0.15, -0.1) is 5.06 Å². The molecule has 0 saturated carbocycles. The van der Waals surface area contributed by atoms with Gasteiger partial charge in [0.1, 0.15) is 0 Å². The minimum absolute atomic E-state index is 0.0369. The van der Waals surface area contributed by atoms with Gasteiger partial charge in [-0.05, 0) is 12.3 Å². The summed E-state index contributed by atoms with van der Waals surface area (Å²) in [5.41, 5.74) is 0. The standard InChI is InChI=1S/C12H19NO5/c1-9(2)5-7-17-8-6-12(16)18-13-10(14)3-4-11(13)15/h9H,3-8H2,1-2H3. The fourth-order valence-corrected chi connectivity index (χ4v) is 1.38. The van der Waals surface area contributed by atoms with Crippen molar-refractivity contribution in [1.82, 2.24) is 5.06 Å². The first-order valence-corrected chi connectivity index (χ1v) is 6.15. The van der Waals surface area contributed by atoms with Crippen LogP contribution in [0.1, 0.15) is 39.5 Å². The largest absolute Gasteiger partial charge is 0.381 e. The molecule has 0 aliphatic carbocycles. The summed E-state index contributed by atoms with van der Waals surface area (Å²) >= 11 is 0. The molecule has 0 unspecified atom stereocenters. The molecule has 18 heavy (non-hydrogen) atoms. The third kappa shape index (κ3) is 4.83. The van der Waals surface area contributed by atoms with Gasteiger partial charge in [0.25, 0.3) is 11.8 Å². The van der Waals surface area contributed by atoms with Crippen LogP contribution in [0.5, 0.6) is 0 Å². The van der Waals surface area contributed by atoms with Crippen LogP contribution in [0, 0.1) is 5.92 Å². The van der Waals surface area contributed by atoms with E-state index in [2.05, 4.69) is 18.7 Å². The molecule has 1 saturated heterocycles. The maximum Gasteiger partial charge on any atom is 0.335 e. The summed E-state index contributed by atoms with van der Waals surface area (Å²) in [7, 11) is 0. The number of hydroxylamine groups is 2. The highest BCUT2D eigenvalue weighted by Gasteiger charge is 2.32. The molecule has 0 spiro atoms. The number of carbonyl (C=O) groups excluding carboxylic acids is 3. The van der Waals surface area contributed by atoms with Gasteiger partial charge in [0.2, 0.25) is 0 Å². The topological polar surface area (TPSA) is 72.9 Å². The van der Waals surface area contributed by atoms with E-state index in [0.29, 0.717) is 17.6 Å². The Morgan fingerprint density at radius 1 is 1.22 bits per heavy atom. The summed E-state index contributed by atoms with van der Waals surface area (Å²) in [4.78, 5) is 38.4. The van der Waals surface area contributed by atoms with Gasteiger partial charge in [0.05, 0.1) is 13.0 Å². The van der Waals surface area contributed by atoms with Crippen molar-refractivity contribution < 1.29 is 24.0 Å². The zero-order valence-corrected chi connectivity index (χ0v) is 10.8. The van der Waals surface area contributed by atoms with Crippen LogP contribution in [0.4, 0.5) is 0 Å². The summed E-state index contributed by atoms with van der Waals surface area (Å²) in [6.07, 6.45) is 1.18. The summed E-state index contributed by atoms with van der Waals surface area (Å²) in [5, 5.41) is 0.552. The van der Waals surface area contributed by atoms with Crippen molar-refractivity contribution in [3.05, 3.63) is 0 Å². The second-order valence-corrected chi connectivity index (χ2v) is 4.59. The van der Waals surface area contributed by atoms with E-state index in [1.165, 1.54) is 0 Å². The molecule has 0 aromatic carbocycles. The van der Waals surface area contributed by atoms with E-state index in [0.717, 1.165) is 6.42 Å². The van der Waals surface area contributed by atoms with Crippen LogP contribution >= 0.6 is 0 Å². The number of carbonyl (C=O) groups is 3. The Morgan fingerprint density at radius 2 is 1.83 bits per heavy atom. The highest BCUT2D eigenvalue weighted by atomic mass is 16.7. The van der Waals surface area contributed by atoms with Crippen LogP contribution in [0.2, 0.25) is 0 Å². The summed E-state index contributed by atoms with van der Waals surface area (Å²) in [5.74, 6) is -0.997. The van der Waals surface area contributed by atoms with Crippen molar-refractivity contribution in [2.75, 3.05) is 13.2 Å². The number of imide groups is 1. The van der Waals surface area contributed by atoms with Crippen molar-refractivity contribution in [3.63, 3.8) is 0 Å². The fraction of sp³-hybridized carbons (Fsp3) is 0.750. The van der Waals surface area contributed by atoms with E-state index in [-0.39, 0.29) is 25.9 Å². The normalized spacial score (nSPS) is 15.6. The second-order valence-electron chi connectivity index (χ2n) is 4.59. The van der Waals surface area contributed by atoms with Gasteiger partial charge >= 0.3 is 5.97 Å². The summed E-state index contributed by atoms with van der Waals surface area (Å²) in [6, 6.07) is 0. The molecule has 1 rings (SSSR count). The van der Waals surface area contributed by atoms with Crippen molar-refractivity contribution in [3.8, 4) is 0 Å². The molecule has 1 aliphatic rings. The number of rotatable bonds is 7. The number of hydrogen-bond acceptors (Lipinski definition) is 5. The van der Waals surface area contributed by atoms with Crippen LogP contribution in [-0.4, -0.2) is 36.1 Å². The van der Waals surface area contributed by atoms with Gasteiger partial charge in [0, 0.05) is 19.4 Å². The SMILES string of the molecule is CC(C)CCOCCC(=O)ON1C(=O)CCC1=O. The smallest absolute Gasteiger partial charge is 0.335 e. The molecule has 6 nitrogen and oxygen atoms in total. The highest BCUT2D eigenvalue weighted by molar-refractivity contribution is 6.01. The monoisotopic (exact) mass is 257 g/mol. The summed E-state index contributed by atoms with van der Waals surface area (Å²) in [6.45, 7) is 5.00. The maximum absolute atomic E-state index is 11.3. The predicted octanol–water partition coefficient (Wildman–Crippen LogP) is 1.05. The Bertz CT molecular complexity index is 310. The maximum atomic E-state index is 11.3. The lowest BCUT2D eigenvalue weighted by Crippen LogP contribution is -2.32. The molecule has 0 bridgehead atoms. The Kier molecular flexibility index (Phi) is 5.77. The number of ether oxygens (including phenoxy) is 1. The minimum Gasteiger partial charge on any atom is -0.381 e. The summed E-state index contributed by atoms with van der Waals surface area (Å²) < 4.78 is 5.24. The molecule has 0 radical (unpaired) electrons. The third-order valence-corrected chi connectivity index (χ3v) is 2.49. The van der Waals surface area contributed by atoms with Gasteiger partial charge in [-0.2, -0.15) is 0 Å². The molecular formula is C12H19NO5. The molecule has 0 aromatic rings. The number of amides is 2.